The number of nitrogens with one attached hydrogen (secondary N) is 1. The Morgan fingerprint density at radius 2 is 2.00 bits per heavy atom. The Balaban J connectivity index is 1.84. The topological polar surface area (TPSA) is 58.6 Å². The molecule has 4 heteroatoms. The molecular formula is C18H25NO3. The minimum absolute atomic E-state index is 0.305. The standard InChI is InChI=1S/C18H25NO3/c1-13(2)14-7-9-16(10-8-14)19-11-15-5-3-4-6-17(15)22-12-18(20)21/h3-6,14,16,19H,1,7-12H2,2H3,(H,20,21)/t14-,16-. The predicted molar refractivity (Wildman–Crippen MR) is 87.0 cm³/mol. The van der Waals surface area contributed by atoms with Gasteiger partial charge in [-0.2, -0.15) is 0 Å². The van der Waals surface area contributed by atoms with Crippen LogP contribution in [0.2, 0.25) is 0 Å². The summed E-state index contributed by atoms with van der Waals surface area (Å²) in [6.07, 6.45) is 4.72. The molecule has 0 amide bonds. The molecule has 1 aromatic carbocycles. The number of aliphatic carboxylic acids is 1. The zero-order valence-electron chi connectivity index (χ0n) is 13.2. The Bertz CT molecular complexity index is 519. The molecule has 0 unspecified atom stereocenters. The summed E-state index contributed by atoms with van der Waals surface area (Å²) in [6, 6.07) is 8.12. The number of allylic oxidation sites excluding steroid dienone is 1. The Labute approximate surface area is 132 Å². The van der Waals surface area contributed by atoms with Crippen molar-refractivity contribution < 1.29 is 14.6 Å². The summed E-state index contributed by atoms with van der Waals surface area (Å²) in [6.45, 7) is 6.58. The van der Waals surface area contributed by atoms with E-state index in [0.717, 1.165) is 18.4 Å². The number of hydrogen-bond donors (Lipinski definition) is 2. The number of ether oxygens (including phenoxy) is 1. The van der Waals surface area contributed by atoms with Gasteiger partial charge in [0, 0.05) is 18.2 Å². The Kier molecular flexibility index (Phi) is 6.01. The van der Waals surface area contributed by atoms with E-state index >= 15 is 0 Å². The van der Waals surface area contributed by atoms with Gasteiger partial charge in [0.25, 0.3) is 0 Å². The second-order valence-corrected chi connectivity index (χ2v) is 6.07. The molecule has 1 saturated carbocycles. The van der Waals surface area contributed by atoms with E-state index in [4.69, 9.17) is 9.84 Å². The molecular weight excluding hydrogens is 278 g/mol. The number of para-hydroxylation sites is 1. The average Bonchev–Trinajstić information content (AvgIpc) is 2.52. The minimum Gasteiger partial charge on any atom is -0.482 e. The average molecular weight is 303 g/mol. The number of hydrogen-bond acceptors (Lipinski definition) is 3. The first-order valence-corrected chi connectivity index (χ1v) is 7.87. The van der Waals surface area contributed by atoms with Gasteiger partial charge in [-0.25, -0.2) is 4.79 Å². The molecule has 0 aromatic heterocycles. The first-order chi connectivity index (χ1) is 10.6. The second kappa shape index (κ2) is 7.99. The summed E-state index contributed by atoms with van der Waals surface area (Å²) >= 11 is 0. The molecule has 120 valence electrons. The van der Waals surface area contributed by atoms with E-state index < -0.39 is 5.97 Å². The van der Waals surface area contributed by atoms with Gasteiger partial charge in [-0.3, -0.25) is 0 Å². The number of rotatable bonds is 7. The molecule has 0 bridgehead atoms. The van der Waals surface area contributed by atoms with Gasteiger partial charge in [0.05, 0.1) is 0 Å². The normalized spacial score (nSPS) is 21.3. The highest BCUT2D eigenvalue weighted by molar-refractivity contribution is 5.68. The molecule has 4 nitrogen and oxygen atoms in total. The number of benzene rings is 1. The van der Waals surface area contributed by atoms with E-state index in [1.807, 2.05) is 24.3 Å². The van der Waals surface area contributed by atoms with Crippen LogP contribution in [0.3, 0.4) is 0 Å². The summed E-state index contributed by atoms with van der Waals surface area (Å²) in [5.74, 6) is 0.359. The molecule has 0 heterocycles. The van der Waals surface area contributed by atoms with Crippen LogP contribution in [0.4, 0.5) is 0 Å². The molecule has 1 aliphatic rings. The van der Waals surface area contributed by atoms with E-state index in [1.165, 1.54) is 18.4 Å². The first-order valence-electron chi connectivity index (χ1n) is 7.87. The van der Waals surface area contributed by atoms with Crippen molar-refractivity contribution in [2.75, 3.05) is 6.61 Å². The molecule has 0 atom stereocenters. The summed E-state index contributed by atoms with van der Waals surface area (Å²) in [5, 5.41) is 12.3. The lowest BCUT2D eigenvalue weighted by Crippen LogP contribution is -2.33. The van der Waals surface area contributed by atoms with E-state index in [9.17, 15) is 4.79 Å². The van der Waals surface area contributed by atoms with E-state index in [0.29, 0.717) is 24.3 Å². The van der Waals surface area contributed by atoms with Crippen molar-refractivity contribution in [3.05, 3.63) is 42.0 Å². The Morgan fingerprint density at radius 1 is 1.32 bits per heavy atom. The number of carbonyl (C=O) groups is 1. The van der Waals surface area contributed by atoms with Crippen molar-refractivity contribution in [1.82, 2.24) is 5.32 Å². The van der Waals surface area contributed by atoms with Gasteiger partial charge in [-0.15, -0.1) is 0 Å². The second-order valence-electron chi connectivity index (χ2n) is 6.07. The monoisotopic (exact) mass is 303 g/mol. The summed E-state index contributed by atoms with van der Waals surface area (Å²) in [4.78, 5) is 10.6. The lowest BCUT2D eigenvalue weighted by molar-refractivity contribution is -0.139. The smallest absolute Gasteiger partial charge is 0.341 e. The van der Waals surface area contributed by atoms with Crippen LogP contribution in [-0.2, 0) is 11.3 Å². The van der Waals surface area contributed by atoms with Crippen LogP contribution < -0.4 is 10.1 Å². The highest BCUT2D eigenvalue weighted by atomic mass is 16.5. The van der Waals surface area contributed by atoms with Crippen LogP contribution in [0.15, 0.2) is 36.4 Å². The van der Waals surface area contributed by atoms with E-state index in [1.54, 1.807) is 0 Å². The summed E-state index contributed by atoms with van der Waals surface area (Å²) in [7, 11) is 0. The fourth-order valence-electron chi connectivity index (χ4n) is 2.97. The third-order valence-electron chi connectivity index (χ3n) is 4.33. The Morgan fingerprint density at radius 3 is 2.64 bits per heavy atom. The third kappa shape index (κ3) is 4.88. The van der Waals surface area contributed by atoms with Crippen molar-refractivity contribution >= 4 is 5.97 Å². The van der Waals surface area contributed by atoms with Gasteiger partial charge in [-0.1, -0.05) is 30.4 Å². The van der Waals surface area contributed by atoms with Crippen LogP contribution in [0, 0.1) is 5.92 Å². The molecule has 0 radical (unpaired) electrons. The molecule has 1 fully saturated rings. The number of carboxylic acid groups (broad SMARTS) is 1. The van der Waals surface area contributed by atoms with Crippen molar-refractivity contribution in [3.8, 4) is 5.75 Å². The highest BCUT2D eigenvalue weighted by Gasteiger charge is 2.21. The predicted octanol–water partition coefficient (Wildman–Crippen LogP) is 3.37. The zero-order chi connectivity index (χ0) is 15.9. The molecule has 2 rings (SSSR count). The first kappa shape index (κ1) is 16.6. The fraction of sp³-hybridized carbons (Fsp3) is 0.500. The minimum atomic E-state index is -0.958. The van der Waals surface area contributed by atoms with Crippen LogP contribution in [0.5, 0.6) is 5.75 Å². The molecule has 1 aliphatic carbocycles. The maximum absolute atomic E-state index is 10.6. The molecule has 0 saturated heterocycles. The largest absolute Gasteiger partial charge is 0.482 e. The van der Waals surface area contributed by atoms with Gasteiger partial charge >= 0.3 is 5.97 Å². The van der Waals surface area contributed by atoms with Crippen molar-refractivity contribution in [2.24, 2.45) is 5.92 Å². The maximum atomic E-state index is 10.6. The van der Waals surface area contributed by atoms with Gasteiger partial charge in [0.2, 0.25) is 0 Å². The van der Waals surface area contributed by atoms with Crippen LogP contribution >= 0.6 is 0 Å². The molecule has 22 heavy (non-hydrogen) atoms. The quantitative estimate of drug-likeness (QED) is 0.758. The Hall–Kier alpha value is -1.81. The lowest BCUT2D eigenvalue weighted by Gasteiger charge is -2.29. The zero-order valence-corrected chi connectivity index (χ0v) is 13.2. The SMILES string of the molecule is C=C(C)[C@H]1CC[C@H](NCc2ccccc2OCC(=O)O)CC1. The van der Waals surface area contributed by atoms with E-state index in [-0.39, 0.29) is 6.61 Å². The van der Waals surface area contributed by atoms with Crippen molar-refractivity contribution in [1.29, 1.82) is 0 Å². The van der Waals surface area contributed by atoms with Crippen molar-refractivity contribution in [3.63, 3.8) is 0 Å². The van der Waals surface area contributed by atoms with Crippen LogP contribution in [-0.4, -0.2) is 23.7 Å². The number of carboxylic acids is 1. The summed E-state index contributed by atoms with van der Waals surface area (Å²) < 4.78 is 5.34. The molecule has 0 aliphatic heterocycles. The highest BCUT2D eigenvalue weighted by Crippen LogP contribution is 2.29. The van der Waals surface area contributed by atoms with E-state index in [2.05, 4.69) is 18.8 Å². The van der Waals surface area contributed by atoms with Crippen LogP contribution in [0.1, 0.15) is 38.2 Å². The summed E-state index contributed by atoms with van der Waals surface area (Å²) in [5.41, 5.74) is 2.30. The van der Waals surface area contributed by atoms with Gasteiger partial charge < -0.3 is 15.2 Å². The van der Waals surface area contributed by atoms with Gasteiger partial charge in [-0.05, 0) is 44.6 Å². The van der Waals surface area contributed by atoms with Crippen LogP contribution in [0.25, 0.3) is 0 Å². The molecule has 2 N–H and O–H groups in total. The third-order valence-corrected chi connectivity index (χ3v) is 4.33. The maximum Gasteiger partial charge on any atom is 0.341 e. The lowest BCUT2D eigenvalue weighted by atomic mass is 9.82. The van der Waals surface area contributed by atoms with Crippen molar-refractivity contribution in [2.45, 2.75) is 45.2 Å². The molecule has 0 spiro atoms. The van der Waals surface area contributed by atoms with Gasteiger partial charge in [0.1, 0.15) is 5.75 Å². The van der Waals surface area contributed by atoms with Gasteiger partial charge in [0.15, 0.2) is 6.61 Å². The fourth-order valence-corrected chi connectivity index (χ4v) is 2.97. The molecule has 1 aromatic rings.